The first-order valence-electron chi connectivity index (χ1n) is 5.37. The molecule has 2 N–H and O–H groups in total. The van der Waals surface area contributed by atoms with Crippen molar-refractivity contribution in [3.05, 3.63) is 12.2 Å². The minimum atomic E-state index is -0.637. The van der Waals surface area contributed by atoms with Gasteiger partial charge in [-0.1, -0.05) is 19.1 Å². The summed E-state index contributed by atoms with van der Waals surface area (Å²) in [5.41, 5.74) is -0.469. The van der Waals surface area contributed by atoms with Gasteiger partial charge in [0.15, 0.2) is 5.79 Å². The van der Waals surface area contributed by atoms with Crippen molar-refractivity contribution in [1.82, 2.24) is 0 Å². The van der Waals surface area contributed by atoms with E-state index in [0.717, 1.165) is 0 Å². The highest BCUT2D eigenvalue weighted by Crippen LogP contribution is 2.62. The molecule has 4 heteroatoms. The van der Waals surface area contributed by atoms with Crippen LogP contribution in [0.5, 0.6) is 0 Å². The fourth-order valence-electron chi connectivity index (χ4n) is 3.16. The molecular formula is C11H16O4. The van der Waals surface area contributed by atoms with Gasteiger partial charge >= 0.3 is 0 Å². The van der Waals surface area contributed by atoms with Crippen molar-refractivity contribution in [3.63, 3.8) is 0 Å². The maximum atomic E-state index is 9.87. The Kier molecular flexibility index (Phi) is 1.72. The van der Waals surface area contributed by atoms with Crippen LogP contribution in [0.15, 0.2) is 12.2 Å². The Balaban J connectivity index is 2.05. The smallest absolute Gasteiger partial charge is 0.193 e. The van der Waals surface area contributed by atoms with Crippen LogP contribution < -0.4 is 0 Å². The summed E-state index contributed by atoms with van der Waals surface area (Å²) in [6.45, 7) is 3.88. The van der Waals surface area contributed by atoms with Crippen molar-refractivity contribution < 1.29 is 19.7 Å². The lowest BCUT2D eigenvalue weighted by Crippen LogP contribution is -2.52. The molecule has 0 bridgehead atoms. The molecule has 2 heterocycles. The maximum Gasteiger partial charge on any atom is 0.193 e. The average molecular weight is 212 g/mol. The third-order valence-corrected chi connectivity index (χ3v) is 4.18. The predicted molar refractivity (Wildman–Crippen MR) is 52.0 cm³/mol. The number of fused-ring (bicyclic) bond motifs is 3. The summed E-state index contributed by atoms with van der Waals surface area (Å²) in [6, 6.07) is 0. The highest BCUT2D eigenvalue weighted by atomic mass is 16.8. The number of aliphatic hydroxyl groups excluding tert-OH is 2. The normalized spacial score (nSPS) is 61.3. The first kappa shape index (κ1) is 9.78. The number of hydrogen-bond donors (Lipinski definition) is 2. The summed E-state index contributed by atoms with van der Waals surface area (Å²) >= 11 is 0. The van der Waals surface area contributed by atoms with E-state index in [1.807, 2.05) is 19.9 Å². The third kappa shape index (κ3) is 0.959. The van der Waals surface area contributed by atoms with Crippen molar-refractivity contribution >= 4 is 0 Å². The average Bonchev–Trinajstić information content (AvgIpc) is 2.80. The number of ether oxygens (including phenoxy) is 2. The Morgan fingerprint density at radius 3 is 2.67 bits per heavy atom. The summed E-state index contributed by atoms with van der Waals surface area (Å²) in [7, 11) is 0. The first-order chi connectivity index (χ1) is 7.04. The lowest BCUT2D eigenvalue weighted by molar-refractivity contribution is -0.171. The molecule has 84 valence electrons. The van der Waals surface area contributed by atoms with Crippen molar-refractivity contribution in [2.75, 3.05) is 6.61 Å². The molecule has 4 nitrogen and oxygen atoms in total. The lowest BCUT2D eigenvalue weighted by Gasteiger charge is -2.42. The van der Waals surface area contributed by atoms with E-state index in [2.05, 4.69) is 0 Å². The fourth-order valence-corrected chi connectivity index (χ4v) is 3.16. The SMILES string of the molecule is C[C@@H]1C=C[C@H](O)[C@@H]2O[C@]3(C)O[C@H]3[C@]12CO. The van der Waals surface area contributed by atoms with E-state index in [1.54, 1.807) is 6.08 Å². The molecule has 3 rings (SSSR count). The molecule has 0 aromatic rings. The molecule has 3 aliphatic rings. The molecule has 2 saturated heterocycles. The molecule has 0 aromatic heterocycles. The molecule has 0 saturated carbocycles. The van der Waals surface area contributed by atoms with Crippen LogP contribution in [0.3, 0.4) is 0 Å². The van der Waals surface area contributed by atoms with Gasteiger partial charge < -0.3 is 19.7 Å². The van der Waals surface area contributed by atoms with Crippen LogP contribution in [0.25, 0.3) is 0 Å². The summed E-state index contributed by atoms with van der Waals surface area (Å²) in [4.78, 5) is 0. The monoisotopic (exact) mass is 212 g/mol. The quantitative estimate of drug-likeness (QED) is 0.476. The molecule has 1 aliphatic carbocycles. The van der Waals surface area contributed by atoms with Crippen LogP contribution in [0, 0.1) is 11.3 Å². The van der Waals surface area contributed by atoms with Crippen molar-refractivity contribution in [2.45, 2.75) is 37.9 Å². The zero-order chi connectivity index (χ0) is 10.8. The van der Waals surface area contributed by atoms with E-state index < -0.39 is 17.3 Å². The van der Waals surface area contributed by atoms with E-state index in [0.29, 0.717) is 0 Å². The maximum absolute atomic E-state index is 9.87. The Labute approximate surface area is 88.5 Å². The van der Waals surface area contributed by atoms with Crippen molar-refractivity contribution in [3.8, 4) is 0 Å². The van der Waals surface area contributed by atoms with Gasteiger partial charge in [-0.25, -0.2) is 0 Å². The highest BCUT2D eigenvalue weighted by Gasteiger charge is 2.76. The van der Waals surface area contributed by atoms with E-state index in [1.165, 1.54) is 0 Å². The van der Waals surface area contributed by atoms with Crippen LogP contribution in [-0.2, 0) is 9.47 Å². The van der Waals surface area contributed by atoms with Crippen LogP contribution >= 0.6 is 0 Å². The van der Waals surface area contributed by atoms with E-state index in [9.17, 15) is 10.2 Å². The molecule has 0 unspecified atom stereocenters. The van der Waals surface area contributed by atoms with Crippen LogP contribution in [0.4, 0.5) is 0 Å². The number of rotatable bonds is 1. The van der Waals surface area contributed by atoms with Gasteiger partial charge in [0.1, 0.15) is 12.2 Å². The van der Waals surface area contributed by atoms with Crippen LogP contribution in [0.1, 0.15) is 13.8 Å². The topological polar surface area (TPSA) is 62.2 Å². The summed E-state index contributed by atoms with van der Waals surface area (Å²) in [5, 5.41) is 19.5. The fraction of sp³-hybridized carbons (Fsp3) is 0.818. The molecule has 0 radical (unpaired) electrons. The second kappa shape index (κ2) is 2.63. The van der Waals surface area contributed by atoms with E-state index in [4.69, 9.17) is 9.47 Å². The second-order valence-corrected chi connectivity index (χ2v) is 4.99. The molecule has 0 aromatic carbocycles. The predicted octanol–water partition coefficient (Wildman–Crippen LogP) is 0.0457. The van der Waals surface area contributed by atoms with Crippen molar-refractivity contribution in [2.24, 2.45) is 11.3 Å². The standard InChI is InChI=1S/C11H16O4/c1-6-3-4-7(13)8-11(6,5-12)9-10(2,14-8)15-9/h3-4,6-9,12-13H,5H2,1-2H3/t6-,7+,8+,9-,10-,11-/m1/s1. The Hall–Kier alpha value is -0.420. The molecule has 6 atom stereocenters. The van der Waals surface area contributed by atoms with E-state index >= 15 is 0 Å². The van der Waals surface area contributed by atoms with Gasteiger partial charge in [0.2, 0.25) is 0 Å². The molecule has 0 amide bonds. The molecular weight excluding hydrogens is 196 g/mol. The summed E-state index contributed by atoms with van der Waals surface area (Å²) in [5.74, 6) is -0.431. The molecule has 0 spiro atoms. The zero-order valence-corrected chi connectivity index (χ0v) is 8.88. The summed E-state index contributed by atoms with van der Waals surface area (Å²) in [6.07, 6.45) is 2.62. The number of hydrogen-bond acceptors (Lipinski definition) is 4. The van der Waals surface area contributed by atoms with Gasteiger partial charge in [-0.15, -0.1) is 0 Å². The van der Waals surface area contributed by atoms with Gasteiger partial charge in [0, 0.05) is 0 Å². The minimum Gasteiger partial charge on any atom is -0.396 e. The molecule has 2 fully saturated rings. The van der Waals surface area contributed by atoms with Gasteiger partial charge in [0.25, 0.3) is 0 Å². The third-order valence-electron chi connectivity index (χ3n) is 4.18. The van der Waals surface area contributed by atoms with Gasteiger partial charge in [0.05, 0.1) is 18.1 Å². The molecule has 15 heavy (non-hydrogen) atoms. The lowest BCUT2D eigenvalue weighted by atomic mass is 9.66. The van der Waals surface area contributed by atoms with Gasteiger partial charge in [-0.05, 0) is 12.8 Å². The number of aliphatic hydroxyl groups is 2. The van der Waals surface area contributed by atoms with Crippen molar-refractivity contribution in [1.29, 1.82) is 0 Å². The number of allylic oxidation sites excluding steroid dienone is 1. The van der Waals surface area contributed by atoms with E-state index in [-0.39, 0.29) is 24.7 Å². The van der Waals surface area contributed by atoms with Crippen LogP contribution in [-0.4, -0.2) is 40.9 Å². The zero-order valence-electron chi connectivity index (χ0n) is 8.88. The second-order valence-electron chi connectivity index (χ2n) is 4.99. The van der Waals surface area contributed by atoms with Gasteiger partial charge in [-0.3, -0.25) is 0 Å². The molecule has 2 aliphatic heterocycles. The highest BCUT2D eigenvalue weighted by molar-refractivity contribution is 5.24. The minimum absolute atomic E-state index is 0.0134. The Bertz CT molecular complexity index is 329. The Morgan fingerprint density at radius 2 is 2.07 bits per heavy atom. The first-order valence-corrected chi connectivity index (χ1v) is 5.37. The largest absolute Gasteiger partial charge is 0.396 e. The Morgan fingerprint density at radius 1 is 1.33 bits per heavy atom. The van der Waals surface area contributed by atoms with Gasteiger partial charge in [-0.2, -0.15) is 0 Å². The summed E-state index contributed by atoms with van der Waals surface area (Å²) < 4.78 is 11.2. The number of epoxide rings is 1. The van der Waals surface area contributed by atoms with Crippen LogP contribution in [0.2, 0.25) is 0 Å².